The number of nitrogens with one attached hydrogen (secondary N) is 2. The van der Waals surface area contributed by atoms with Gasteiger partial charge in [-0.05, 0) is 129 Å². The molecule has 2 aliphatic rings. The zero-order chi connectivity index (χ0) is 30.7. The van der Waals surface area contributed by atoms with E-state index in [2.05, 4.69) is 96.8 Å². The number of nitriles is 1. The summed E-state index contributed by atoms with van der Waals surface area (Å²) in [4.78, 5) is 7.22. The first-order chi connectivity index (χ1) is 21.5. The summed E-state index contributed by atoms with van der Waals surface area (Å²) in [5, 5.41) is 19.2. The first-order valence-corrected chi connectivity index (χ1v) is 15.7. The maximum atomic E-state index is 9.02. The Kier molecular flexibility index (Phi) is 10.8. The van der Waals surface area contributed by atoms with E-state index in [1.807, 2.05) is 42.5 Å². The number of hydrogen-bond acceptors (Lipinski definition) is 5. The lowest BCUT2D eigenvalue weighted by molar-refractivity contribution is 0.331. The van der Waals surface area contributed by atoms with Gasteiger partial charge in [0, 0.05) is 18.0 Å². The number of benzene rings is 4. The topological polar surface area (TPSA) is 64.0 Å². The molecule has 2 fully saturated rings. The van der Waals surface area contributed by atoms with Gasteiger partial charge < -0.3 is 15.5 Å². The fourth-order valence-electron chi connectivity index (χ4n) is 5.67. The van der Waals surface area contributed by atoms with Crippen LogP contribution >= 0.6 is 0 Å². The summed E-state index contributed by atoms with van der Waals surface area (Å²) in [7, 11) is 2.19. The van der Waals surface area contributed by atoms with Crippen molar-refractivity contribution in [1.29, 1.82) is 5.26 Å². The molecule has 7 rings (SSSR count). The predicted octanol–water partition coefficient (Wildman–Crippen LogP) is 8.65. The summed E-state index contributed by atoms with van der Waals surface area (Å²) in [6, 6.07) is 33.8. The van der Waals surface area contributed by atoms with Crippen molar-refractivity contribution in [2.24, 2.45) is 0 Å². The molecule has 1 aromatic heterocycles. The molecule has 1 unspecified atom stereocenters. The van der Waals surface area contributed by atoms with Gasteiger partial charge in [0.2, 0.25) is 0 Å². The number of likely N-dealkylation sites (tertiary alicyclic amines) is 1. The molecular formula is C39H43N5. The molecule has 0 aliphatic carbocycles. The molecule has 3 heterocycles. The highest BCUT2D eigenvalue weighted by Gasteiger charge is 2.14. The maximum absolute atomic E-state index is 9.02. The molecule has 0 spiro atoms. The molecule has 224 valence electrons. The van der Waals surface area contributed by atoms with Gasteiger partial charge in [-0.3, -0.25) is 0 Å². The van der Waals surface area contributed by atoms with Crippen LogP contribution in [0.4, 0.5) is 5.82 Å². The number of hydrogen-bond donors (Lipinski definition) is 2. The summed E-state index contributed by atoms with van der Waals surface area (Å²) in [5.74, 6) is 0.826. The van der Waals surface area contributed by atoms with Gasteiger partial charge in [0.1, 0.15) is 5.82 Å². The second kappa shape index (κ2) is 15.3. The Labute approximate surface area is 262 Å². The van der Waals surface area contributed by atoms with Crippen molar-refractivity contribution < 1.29 is 0 Å². The fraction of sp³-hybridized carbons (Fsp3) is 0.282. The molecule has 5 aromatic rings. The number of fused-ring (bicyclic) bond motifs is 2. The molecule has 0 amide bonds. The molecule has 5 nitrogen and oxygen atoms in total. The van der Waals surface area contributed by atoms with Crippen molar-refractivity contribution in [1.82, 2.24) is 15.2 Å². The second-order valence-corrected chi connectivity index (χ2v) is 11.7. The van der Waals surface area contributed by atoms with Crippen LogP contribution < -0.4 is 10.6 Å². The fourth-order valence-corrected chi connectivity index (χ4v) is 5.67. The predicted molar refractivity (Wildman–Crippen MR) is 187 cm³/mol. The van der Waals surface area contributed by atoms with E-state index in [0.717, 1.165) is 39.5 Å². The number of nitrogens with zero attached hydrogens (tertiary/aromatic N) is 3. The van der Waals surface area contributed by atoms with E-state index < -0.39 is 0 Å². The van der Waals surface area contributed by atoms with Crippen LogP contribution in [0.1, 0.15) is 49.3 Å². The normalized spacial score (nSPS) is 16.0. The molecular weight excluding hydrogens is 538 g/mol. The van der Waals surface area contributed by atoms with Crippen molar-refractivity contribution in [2.45, 2.75) is 45.2 Å². The van der Waals surface area contributed by atoms with Gasteiger partial charge in [-0.15, -0.1) is 0 Å². The third-order valence-corrected chi connectivity index (χ3v) is 8.54. The van der Waals surface area contributed by atoms with Gasteiger partial charge in [-0.2, -0.15) is 5.26 Å². The van der Waals surface area contributed by atoms with E-state index in [1.54, 1.807) is 0 Å². The van der Waals surface area contributed by atoms with E-state index >= 15 is 0 Å². The summed E-state index contributed by atoms with van der Waals surface area (Å²) in [6.45, 7) is 10.8. The third kappa shape index (κ3) is 8.11. The van der Waals surface area contributed by atoms with Crippen LogP contribution in [0.15, 0.2) is 97.6 Å². The van der Waals surface area contributed by atoms with E-state index in [0.29, 0.717) is 12.1 Å². The van der Waals surface area contributed by atoms with Gasteiger partial charge in [-0.25, -0.2) is 4.98 Å². The highest BCUT2D eigenvalue weighted by Crippen LogP contribution is 2.28. The lowest BCUT2D eigenvalue weighted by Gasteiger charge is -2.12. The van der Waals surface area contributed by atoms with Gasteiger partial charge >= 0.3 is 0 Å². The minimum atomic E-state index is 0.658. The van der Waals surface area contributed by atoms with E-state index in [1.165, 1.54) is 61.7 Å². The monoisotopic (exact) mass is 581 g/mol. The Morgan fingerprint density at radius 3 is 2.30 bits per heavy atom. The zero-order valence-electron chi connectivity index (χ0n) is 26.0. The maximum Gasteiger partial charge on any atom is 0.127 e. The van der Waals surface area contributed by atoms with E-state index in [4.69, 9.17) is 10.2 Å². The minimum absolute atomic E-state index is 0.658. The van der Waals surface area contributed by atoms with Gasteiger partial charge in [0.05, 0.1) is 17.1 Å². The van der Waals surface area contributed by atoms with Crippen LogP contribution in [0.5, 0.6) is 0 Å². The smallest absolute Gasteiger partial charge is 0.127 e. The van der Waals surface area contributed by atoms with Crippen LogP contribution in [-0.2, 0) is 6.54 Å². The standard InChI is InChI=1S/C29H21N3.C6H13N.C4H9N/c1-2-22-17-29(31-19-21-9-12-23-5-3-4-6-25(23)15-21)32-28-14-13-26(16-27(22)28)24-10-7-20(18-30)8-11-24;1-6-4-3-5-7(6)2;1-2-4-5-3-1/h2-17H,1,19H2,(H,31,32);6H,3-5H2,1-2H3;5H,1-4H2. The van der Waals surface area contributed by atoms with Crippen molar-refractivity contribution in [3.8, 4) is 17.2 Å². The molecule has 0 radical (unpaired) electrons. The summed E-state index contributed by atoms with van der Waals surface area (Å²) in [5.41, 5.74) is 5.97. The van der Waals surface area contributed by atoms with Gasteiger partial charge in [0.15, 0.2) is 0 Å². The number of rotatable bonds is 5. The highest BCUT2D eigenvalue weighted by molar-refractivity contribution is 5.92. The van der Waals surface area contributed by atoms with Crippen LogP contribution in [-0.4, -0.2) is 42.6 Å². The molecule has 44 heavy (non-hydrogen) atoms. The number of pyridine rings is 1. The molecule has 0 saturated carbocycles. The quantitative estimate of drug-likeness (QED) is 0.217. The lowest BCUT2D eigenvalue weighted by Crippen LogP contribution is -2.20. The van der Waals surface area contributed by atoms with Crippen LogP contribution in [0.3, 0.4) is 0 Å². The average Bonchev–Trinajstić information content (AvgIpc) is 3.79. The molecule has 2 saturated heterocycles. The summed E-state index contributed by atoms with van der Waals surface area (Å²) in [6.07, 6.45) is 7.45. The second-order valence-electron chi connectivity index (χ2n) is 11.7. The summed E-state index contributed by atoms with van der Waals surface area (Å²) < 4.78 is 0. The zero-order valence-corrected chi connectivity index (χ0v) is 26.0. The molecule has 5 heteroatoms. The molecule has 4 aromatic carbocycles. The Balaban J connectivity index is 0.000000265. The number of anilines is 1. The van der Waals surface area contributed by atoms with Crippen LogP contribution in [0.2, 0.25) is 0 Å². The van der Waals surface area contributed by atoms with Crippen molar-refractivity contribution >= 4 is 33.6 Å². The van der Waals surface area contributed by atoms with Crippen LogP contribution in [0, 0.1) is 11.3 Å². The molecule has 0 bridgehead atoms. The van der Waals surface area contributed by atoms with E-state index in [-0.39, 0.29) is 0 Å². The molecule has 1 atom stereocenters. The molecule has 2 aliphatic heterocycles. The average molecular weight is 582 g/mol. The molecule has 2 N–H and O–H groups in total. The SMILES string of the molecule is C1CCNC1.C=Cc1cc(NCc2ccc3ccccc3c2)nc2ccc(-c3ccc(C#N)cc3)cc12.CC1CCCN1C. The van der Waals surface area contributed by atoms with Crippen molar-refractivity contribution in [2.75, 3.05) is 32.0 Å². The van der Waals surface area contributed by atoms with Crippen molar-refractivity contribution in [3.05, 3.63) is 114 Å². The highest BCUT2D eigenvalue weighted by atomic mass is 15.1. The Morgan fingerprint density at radius 1 is 0.932 bits per heavy atom. The minimum Gasteiger partial charge on any atom is -0.366 e. The van der Waals surface area contributed by atoms with Crippen LogP contribution in [0.25, 0.3) is 38.9 Å². The lowest BCUT2D eigenvalue weighted by atomic mass is 10.00. The van der Waals surface area contributed by atoms with Gasteiger partial charge in [0.25, 0.3) is 0 Å². The Morgan fingerprint density at radius 2 is 1.68 bits per heavy atom. The largest absolute Gasteiger partial charge is 0.366 e. The summed E-state index contributed by atoms with van der Waals surface area (Å²) >= 11 is 0. The first-order valence-electron chi connectivity index (χ1n) is 15.7. The van der Waals surface area contributed by atoms with E-state index in [9.17, 15) is 0 Å². The van der Waals surface area contributed by atoms with Crippen molar-refractivity contribution in [3.63, 3.8) is 0 Å². The number of aromatic nitrogens is 1. The first kappa shape index (κ1) is 30.9. The van der Waals surface area contributed by atoms with Gasteiger partial charge in [-0.1, -0.05) is 67.3 Å². The Bertz CT molecular complexity index is 1710. The third-order valence-electron chi connectivity index (χ3n) is 8.54. The Hall–Kier alpha value is -4.50.